The summed E-state index contributed by atoms with van der Waals surface area (Å²) in [5.41, 5.74) is 19.4. The number of rotatable bonds is 1. The molecule has 4 nitrogen and oxygen atoms in total. The summed E-state index contributed by atoms with van der Waals surface area (Å²) in [6.07, 6.45) is 0.912. The van der Waals surface area contributed by atoms with Crippen molar-refractivity contribution in [3.05, 3.63) is 39.1 Å². The van der Waals surface area contributed by atoms with Gasteiger partial charge in [0.1, 0.15) is 0 Å². The third-order valence-corrected chi connectivity index (χ3v) is 0.272. The molecule has 0 aromatic heterocycles. The summed E-state index contributed by atoms with van der Waals surface area (Å²) in [7, 11) is 0. The third-order valence-electron chi connectivity index (χ3n) is 0.272. The van der Waals surface area contributed by atoms with Crippen molar-refractivity contribution in [2.45, 2.75) is 6.17 Å². The topological polar surface area (TPSA) is 104 Å². The summed E-state index contributed by atoms with van der Waals surface area (Å²) in [6, 6.07) is 0. The van der Waals surface area contributed by atoms with Crippen LogP contribution in [-0.2, 0) is 0 Å². The number of hydrogen-bond donors (Lipinski definition) is 4. The molecule has 12 heavy (non-hydrogen) atoms. The lowest BCUT2D eigenvalue weighted by atomic mass is 10.6. The van der Waals surface area contributed by atoms with E-state index in [-0.39, 0.29) is 6.17 Å². The molecular weight excluding hydrogens is 152 g/mol. The molecular formula is C8H22N4. The van der Waals surface area contributed by atoms with Crippen LogP contribution in [0.1, 0.15) is 0 Å². The van der Waals surface area contributed by atoms with Gasteiger partial charge in [0.05, 0.1) is 6.17 Å². The summed E-state index contributed by atoms with van der Waals surface area (Å²) >= 11 is 0. The average Bonchev–Trinajstić information content (AvgIpc) is 2.13. The van der Waals surface area contributed by atoms with Gasteiger partial charge in [-0.05, 0) is 6.20 Å². The van der Waals surface area contributed by atoms with E-state index >= 15 is 0 Å². The maximum absolute atomic E-state index is 4.94. The molecule has 0 radical (unpaired) electrons. The van der Waals surface area contributed by atoms with E-state index in [1.54, 1.807) is 0 Å². The Kier molecular flexibility index (Phi) is 96.4. The van der Waals surface area contributed by atoms with Crippen LogP contribution < -0.4 is 22.9 Å². The lowest BCUT2D eigenvalue weighted by Gasteiger charge is -1.93. The Morgan fingerprint density at radius 2 is 1.17 bits per heavy atom. The van der Waals surface area contributed by atoms with Gasteiger partial charge in [-0.15, -0.1) is 26.3 Å². The Morgan fingerprint density at radius 1 is 1.08 bits per heavy atom. The Balaban J connectivity index is -0.0000000397. The molecule has 0 fully saturated rings. The highest BCUT2D eigenvalue weighted by Crippen LogP contribution is 1.43. The van der Waals surface area contributed by atoms with Crippen molar-refractivity contribution in [1.29, 1.82) is 0 Å². The van der Waals surface area contributed by atoms with Crippen molar-refractivity contribution in [1.82, 2.24) is 0 Å². The SMILES string of the molecule is C=C.C=C.C=CN.NCC(N)N. The maximum Gasteiger partial charge on any atom is 0.0647 e. The highest BCUT2D eigenvalue weighted by atomic mass is 14.9. The average molecular weight is 174 g/mol. The van der Waals surface area contributed by atoms with Gasteiger partial charge in [-0.3, -0.25) is 0 Å². The molecule has 0 atom stereocenters. The van der Waals surface area contributed by atoms with Crippen molar-refractivity contribution in [2.24, 2.45) is 22.9 Å². The highest BCUT2D eigenvalue weighted by Gasteiger charge is 1.79. The molecule has 0 spiro atoms. The van der Waals surface area contributed by atoms with Crippen molar-refractivity contribution in [3.63, 3.8) is 0 Å². The van der Waals surface area contributed by atoms with Gasteiger partial charge in [0.25, 0.3) is 0 Å². The van der Waals surface area contributed by atoms with Crippen LogP contribution in [0.4, 0.5) is 0 Å². The molecule has 0 aliphatic rings. The lowest BCUT2D eigenvalue weighted by molar-refractivity contribution is 0.718. The van der Waals surface area contributed by atoms with Crippen LogP contribution in [0.5, 0.6) is 0 Å². The van der Waals surface area contributed by atoms with Crippen LogP contribution in [0.25, 0.3) is 0 Å². The van der Waals surface area contributed by atoms with Crippen molar-refractivity contribution in [2.75, 3.05) is 6.54 Å². The van der Waals surface area contributed by atoms with Gasteiger partial charge >= 0.3 is 0 Å². The van der Waals surface area contributed by atoms with Gasteiger partial charge in [0, 0.05) is 6.54 Å². The molecule has 0 saturated carbocycles. The van der Waals surface area contributed by atoms with Crippen LogP contribution in [0.3, 0.4) is 0 Å². The molecule has 0 unspecified atom stereocenters. The summed E-state index contributed by atoms with van der Waals surface area (Å²) in [6.45, 7) is 15.5. The van der Waals surface area contributed by atoms with Gasteiger partial charge in [-0.2, -0.15) is 0 Å². The molecule has 0 aliphatic carbocycles. The Morgan fingerprint density at radius 3 is 1.17 bits per heavy atom. The second kappa shape index (κ2) is 51.6. The first-order valence-electron chi connectivity index (χ1n) is 3.22. The first-order chi connectivity index (χ1) is 5.68. The van der Waals surface area contributed by atoms with Crippen molar-refractivity contribution in [3.8, 4) is 0 Å². The molecule has 0 bridgehead atoms. The van der Waals surface area contributed by atoms with E-state index in [2.05, 4.69) is 38.6 Å². The Labute approximate surface area is 75.6 Å². The van der Waals surface area contributed by atoms with Crippen LogP contribution >= 0.6 is 0 Å². The van der Waals surface area contributed by atoms with Crippen molar-refractivity contribution < 1.29 is 0 Å². The predicted molar refractivity (Wildman–Crippen MR) is 58.1 cm³/mol. The molecule has 74 valence electrons. The van der Waals surface area contributed by atoms with E-state index in [0.29, 0.717) is 6.54 Å². The Bertz CT molecular complexity index is 62.1. The number of hydrogen-bond acceptors (Lipinski definition) is 4. The largest absolute Gasteiger partial charge is 0.405 e. The van der Waals surface area contributed by atoms with Gasteiger partial charge in [0.2, 0.25) is 0 Å². The minimum absolute atomic E-state index is 0.338. The summed E-state index contributed by atoms with van der Waals surface area (Å²) in [4.78, 5) is 0. The van der Waals surface area contributed by atoms with Gasteiger partial charge in [-0.1, -0.05) is 6.58 Å². The predicted octanol–water partition coefficient (Wildman–Crippen LogP) is -0.118. The molecule has 0 saturated heterocycles. The van der Waals surface area contributed by atoms with Gasteiger partial charge < -0.3 is 22.9 Å². The fourth-order valence-electron chi connectivity index (χ4n) is 0. The summed E-state index contributed by atoms with van der Waals surface area (Å²) in [5, 5.41) is 0. The highest BCUT2D eigenvalue weighted by molar-refractivity contribution is 4.48. The quantitative estimate of drug-likeness (QED) is 0.328. The van der Waals surface area contributed by atoms with E-state index in [4.69, 9.17) is 17.2 Å². The van der Waals surface area contributed by atoms with Crippen LogP contribution in [0.15, 0.2) is 39.1 Å². The second-order valence-corrected chi connectivity index (χ2v) is 1.14. The minimum atomic E-state index is -0.338. The fraction of sp³-hybridized carbons (Fsp3) is 0.250. The standard InChI is InChI=1S/C2H9N3.C2H5N.2C2H4/c3-1-2(4)5;1-2-3;2*1-2/h2H,1,3-5H2;2H,1,3H2;2*1-2H2. The molecule has 0 aromatic carbocycles. The molecule has 8 N–H and O–H groups in total. The zero-order chi connectivity index (χ0) is 11.0. The fourth-order valence-corrected chi connectivity index (χ4v) is 0. The molecule has 0 aromatic rings. The smallest absolute Gasteiger partial charge is 0.0647 e. The van der Waals surface area contributed by atoms with E-state index in [1.165, 1.54) is 6.20 Å². The monoisotopic (exact) mass is 174 g/mol. The zero-order valence-corrected chi connectivity index (χ0v) is 7.71. The van der Waals surface area contributed by atoms with Crippen LogP contribution in [0, 0.1) is 0 Å². The lowest BCUT2D eigenvalue weighted by Crippen LogP contribution is -2.37. The third kappa shape index (κ3) is 686. The minimum Gasteiger partial charge on any atom is -0.405 e. The first kappa shape index (κ1) is 22.4. The number of nitrogens with two attached hydrogens (primary N) is 4. The van der Waals surface area contributed by atoms with Gasteiger partial charge in [-0.25, -0.2) is 0 Å². The molecule has 0 aliphatic heterocycles. The molecule has 0 heterocycles. The summed E-state index contributed by atoms with van der Waals surface area (Å²) < 4.78 is 0. The first-order valence-corrected chi connectivity index (χ1v) is 3.22. The van der Waals surface area contributed by atoms with E-state index in [0.717, 1.165) is 0 Å². The Hall–Kier alpha value is -1.10. The molecule has 0 amide bonds. The van der Waals surface area contributed by atoms with Crippen LogP contribution in [0.2, 0.25) is 0 Å². The van der Waals surface area contributed by atoms with E-state index < -0.39 is 0 Å². The van der Waals surface area contributed by atoms with Crippen molar-refractivity contribution >= 4 is 0 Å². The normalized spacial score (nSPS) is 5.67. The molecule has 0 rings (SSSR count). The molecule has 4 heteroatoms. The second-order valence-electron chi connectivity index (χ2n) is 1.14. The zero-order valence-electron chi connectivity index (χ0n) is 7.71. The van der Waals surface area contributed by atoms with Gasteiger partial charge in [0.15, 0.2) is 0 Å². The van der Waals surface area contributed by atoms with E-state index in [1.807, 2.05) is 0 Å². The maximum atomic E-state index is 4.94. The van der Waals surface area contributed by atoms with E-state index in [9.17, 15) is 0 Å². The van der Waals surface area contributed by atoms with Crippen LogP contribution in [-0.4, -0.2) is 12.7 Å². The summed E-state index contributed by atoms with van der Waals surface area (Å²) in [5.74, 6) is 0.